The van der Waals surface area contributed by atoms with E-state index in [1.807, 2.05) is 0 Å². The molecular formula is C16H10ClF4N3O4. The van der Waals surface area contributed by atoms with Crippen molar-refractivity contribution in [2.75, 3.05) is 5.32 Å². The molecule has 3 aromatic rings. The first-order valence-corrected chi connectivity index (χ1v) is 7.59. The molecule has 0 saturated heterocycles. The molecule has 0 unspecified atom stereocenters. The monoisotopic (exact) mass is 419 g/mol. The van der Waals surface area contributed by atoms with Gasteiger partial charge in [0.05, 0.1) is 28.6 Å². The van der Waals surface area contributed by atoms with Crippen LogP contribution in [0.3, 0.4) is 0 Å². The highest BCUT2D eigenvalue weighted by atomic mass is 35.5. The van der Waals surface area contributed by atoms with Crippen molar-refractivity contribution in [2.45, 2.75) is 6.18 Å². The molecule has 0 fully saturated rings. The van der Waals surface area contributed by atoms with Gasteiger partial charge in [0.2, 0.25) is 0 Å². The van der Waals surface area contributed by atoms with E-state index >= 15 is 0 Å². The summed E-state index contributed by atoms with van der Waals surface area (Å²) in [6.07, 6.45) is -2.00. The van der Waals surface area contributed by atoms with Gasteiger partial charge in [-0.15, -0.1) is 0 Å². The number of aromatic amines is 1. The molecule has 4 N–H and O–H groups in total. The van der Waals surface area contributed by atoms with Crippen LogP contribution in [0.1, 0.15) is 10.5 Å². The van der Waals surface area contributed by atoms with Crippen molar-refractivity contribution in [3.8, 4) is 0 Å². The minimum absolute atomic E-state index is 0.000396. The molecule has 0 atom stereocenters. The first-order chi connectivity index (χ1) is 13.0. The molecule has 28 heavy (non-hydrogen) atoms. The number of carbonyl (C=O) groups is 2. The van der Waals surface area contributed by atoms with Gasteiger partial charge in [-0.3, -0.25) is 4.98 Å². The summed E-state index contributed by atoms with van der Waals surface area (Å²) in [6, 6.07) is 5.73. The lowest BCUT2D eigenvalue weighted by Gasteiger charge is -2.07. The Kier molecular flexibility index (Phi) is 6.09. The second-order valence-corrected chi connectivity index (χ2v) is 5.60. The fraction of sp³-hybridized carbons (Fsp3) is 0.0625. The van der Waals surface area contributed by atoms with Crippen molar-refractivity contribution >= 4 is 45.8 Å². The molecule has 2 heterocycles. The molecule has 1 aromatic carbocycles. The van der Waals surface area contributed by atoms with Gasteiger partial charge in [-0.1, -0.05) is 11.6 Å². The van der Waals surface area contributed by atoms with E-state index in [4.69, 9.17) is 26.6 Å². The smallest absolute Gasteiger partial charge is 0.477 e. The Labute approximate surface area is 158 Å². The number of fused-ring (bicyclic) bond motifs is 1. The third-order valence-electron chi connectivity index (χ3n) is 3.22. The minimum atomic E-state index is -5.08. The molecular weight excluding hydrogens is 410 g/mol. The maximum absolute atomic E-state index is 13.1. The number of aliphatic carboxylic acids is 1. The Morgan fingerprint density at radius 1 is 1.14 bits per heavy atom. The fourth-order valence-electron chi connectivity index (χ4n) is 2.00. The molecule has 0 spiro atoms. The summed E-state index contributed by atoms with van der Waals surface area (Å²) in [5.74, 6) is -4.32. The van der Waals surface area contributed by atoms with Gasteiger partial charge in [0.15, 0.2) is 0 Å². The standard InChI is InChI=1S/C14H9ClFN3O2.C2HF3O2/c15-9-3-7(1-2-10(9)16)18-12-5-17-6-13-8(12)4-11(19-13)14(20)21;3-2(4,5)1(6)7/h1-6,18-19H,(H,20,21);(H,6,7). The predicted molar refractivity (Wildman–Crippen MR) is 91.4 cm³/mol. The quantitative estimate of drug-likeness (QED) is 0.467. The number of carboxylic acid groups (broad SMARTS) is 2. The highest BCUT2D eigenvalue weighted by Crippen LogP contribution is 2.28. The van der Waals surface area contributed by atoms with E-state index in [0.717, 1.165) is 0 Å². The number of hydrogen-bond donors (Lipinski definition) is 4. The largest absolute Gasteiger partial charge is 0.490 e. The predicted octanol–water partition coefficient (Wildman–Crippen LogP) is 4.43. The second kappa shape index (κ2) is 8.13. The van der Waals surface area contributed by atoms with Crippen LogP contribution in [0.2, 0.25) is 5.02 Å². The molecule has 0 aliphatic carbocycles. The Morgan fingerprint density at radius 3 is 2.32 bits per heavy atom. The van der Waals surface area contributed by atoms with E-state index in [9.17, 15) is 22.4 Å². The summed E-state index contributed by atoms with van der Waals surface area (Å²) >= 11 is 5.73. The average molecular weight is 420 g/mol. The van der Waals surface area contributed by atoms with Crippen LogP contribution in [0.5, 0.6) is 0 Å². The van der Waals surface area contributed by atoms with E-state index < -0.39 is 23.9 Å². The van der Waals surface area contributed by atoms with Crippen LogP contribution in [0.4, 0.5) is 28.9 Å². The lowest BCUT2D eigenvalue weighted by Crippen LogP contribution is -2.21. The second-order valence-electron chi connectivity index (χ2n) is 5.19. The molecule has 7 nitrogen and oxygen atoms in total. The van der Waals surface area contributed by atoms with E-state index in [1.165, 1.54) is 30.5 Å². The number of aromatic nitrogens is 2. The number of carboxylic acids is 2. The van der Waals surface area contributed by atoms with Gasteiger partial charge >= 0.3 is 18.1 Å². The molecule has 12 heteroatoms. The van der Waals surface area contributed by atoms with Crippen LogP contribution in [0.15, 0.2) is 36.7 Å². The van der Waals surface area contributed by atoms with E-state index in [-0.39, 0.29) is 10.7 Å². The van der Waals surface area contributed by atoms with Crippen LogP contribution in [-0.2, 0) is 4.79 Å². The highest BCUT2D eigenvalue weighted by molar-refractivity contribution is 6.31. The summed E-state index contributed by atoms with van der Waals surface area (Å²) in [6.45, 7) is 0. The Hall–Kier alpha value is -3.34. The number of aromatic carboxylic acids is 1. The lowest BCUT2D eigenvalue weighted by atomic mass is 10.2. The summed E-state index contributed by atoms with van der Waals surface area (Å²) in [4.78, 5) is 26.7. The van der Waals surface area contributed by atoms with Gasteiger partial charge in [-0.25, -0.2) is 14.0 Å². The normalized spacial score (nSPS) is 10.9. The van der Waals surface area contributed by atoms with Crippen LogP contribution < -0.4 is 5.32 Å². The van der Waals surface area contributed by atoms with Crippen molar-refractivity contribution in [1.82, 2.24) is 9.97 Å². The maximum atomic E-state index is 13.1. The minimum Gasteiger partial charge on any atom is -0.477 e. The fourth-order valence-corrected chi connectivity index (χ4v) is 2.18. The van der Waals surface area contributed by atoms with Crippen molar-refractivity contribution < 1.29 is 37.4 Å². The van der Waals surface area contributed by atoms with Crippen molar-refractivity contribution in [3.05, 3.63) is 53.2 Å². The molecule has 0 aliphatic heterocycles. The molecule has 148 valence electrons. The summed E-state index contributed by atoms with van der Waals surface area (Å²) < 4.78 is 44.9. The van der Waals surface area contributed by atoms with Crippen LogP contribution in [0.25, 0.3) is 10.9 Å². The number of benzene rings is 1. The molecule has 2 aromatic heterocycles. The first kappa shape index (κ1) is 21.0. The number of alkyl halides is 3. The number of nitrogens with zero attached hydrogens (tertiary/aromatic N) is 1. The third-order valence-corrected chi connectivity index (χ3v) is 3.51. The summed E-state index contributed by atoms with van der Waals surface area (Å²) in [5.41, 5.74) is 1.83. The summed E-state index contributed by atoms with van der Waals surface area (Å²) in [7, 11) is 0. The number of anilines is 2. The molecule has 0 amide bonds. The van der Waals surface area contributed by atoms with Crippen LogP contribution in [0, 0.1) is 5.82 Å². The zero-order valence-corrected chi connectivity index (χ0v) is 14.3. The number of H-pyrrole nitrogens is 1. The lowest BCUT2D eigenvalue weighted by molar-refractivity contribution is -0.192. The van der Waals surface area contributed by atoms with Gasteiger partial charge in [-0.2, -0.15) is 13.2 Å². The Morgan fingerprint density at radius 2 is 1.79 bits per heavy atom. The van der Waals surface area contributed by atoms with Crippen LogP contribution in [-0.4, -0.2) is 38.3 Å². The maximum Gasteiger partial charge on any atom is 0.490 e. The topological polar surface area (TPSA) is 115 Å². The van der Waals surface area contributed by atoms with Crippen LogP contribution >= 0.6 is 11.6 Å². The van der Waals surface area contributed by atoms with Crippen molar-refractivity contribution in [3.63, 3.8) is 0 Å². The SMILES string of the molecule is O=C(O)C(F)(F)F.O=C(O)c1cc2c(Nc3ccc(F)c(Cl)c3)cncc2[nH]1. The van der Waals surface area contributed by atoms with E-state index in [1.54, 1.807) is 6.20 Å². The highest BCUT2D eigenvalue weighted by Gasteiger charge is 2.38. The molecule has 0 bridgehead atoms. The number of pyridine rings is 1. The number of hydrogen-bond acceptors (Lipinski definition) is 4. The third kappa shape index (κ3) is 5.10. The van der Waals surface area contributed by atoms with Gasteiger partial charge in [-0.05, 0) is 24.3 Å². The van der Waals surface area contributed by atoms with Crippen molar-refractivity contribution in [2.24, 2.45) is 0 Å². The number of rotatable bonds is 3. The molecule has 0 aliphatic rings. The first-order valence-electron chi connectivity index (χ1n) is 7.21. The molecule has 3 rings (SSSR count). The molecule has 0 saturated carbocycles. The zero-order chi connectivity index (χ0) is 21.1. The van der Waals surface area contributed by atoms with Gasteiger partial charge in [0.1, 0.15) is 11.5 Å². The summed E-state index contributed by atoms with van der Waals surface area (Å²) in [5, 5.41) is 19.8. The Balaban J connectivity index is 0.000000345. The van der Waals surface area contributed by atoms with Gasteiger partial charge < -0.3 is 20.5 Å². The number of nitrogens with one attached hydrogen (secondary N) is 2. The van der Waals surface area contributed by atoms with E-state index in [2.05, 4.69) is 15.3 Å². The van der Waals surface area contributed by atoms with Gasteiger partial charge in [0, 0.05) is 11.1 Å². The average Bonchev–Trinajstić information content (AvgIpc) is 3.03. The van der Waals surface area contributed by atoms with E-state index in [0.29, 0.717) is 22.3 Å². The number of halogens is 5. The molecule has 0 radical (unpaired) electrons. The van der Waals surface area contributed by atoms with Crippen molar-refractivity contribution in [1.29, 1.82) is 0 Å². The zero-order valence-electron chi connectivity index (χ0n) is 13.5. The van der Waals surface area contributed by atoms with Gasteiger partial charge in [0.25, 0.3) is 0 Å². The Bertz CT molecular complexity index is 1040.